The molecule has 0 radical (unpaired) electrons. The number of para-hydroxylation sites is 1. The minimum atomic E-state index is -0.473. The van der Waals surface area contributed by atoms with Crippen LogP contribution in [-0.2, 0) is 0 Å². The third kappa shape index (κ3) is 3.09. The standard InChI is InChI=1S/C16H12N2O4S/c19-9-5-6-10(14(21)7-9)12-8-23-16(17-12)18-15(22)11-3-1-2-4-13(11)20/h1-8,19-21H,(H,17,18,22). The SMILES string of the molecule is O=C(Nc1nc(-c2ccc(O)cc2O)cs1)c1ccccc1O. The lowest BCUT2D eigenvalue weighted by Crippen LogP contribution is -2.11. The van der Waals surface area contributed by atoms with Crippen molar-refractivity contribution in [1.29, 1.82) is 0 Å². The molecule has 6 nitrogen and oxygen atoms in total. The molecule has 0 atom stereocenters. The van der Waals surface area contributed by atoms with Crippen LogP contribution in [0.25, 0.3) is 11.3 Å². The van der Waals surface area contributed by atoms with Gasteiger partial charge in [0.15, 0.2) is 5.13 Å². The lowest BCUT2D eigenvalue weighted by Gasteiger charge is -2.04. The predicted octanol–water partition coefficient (Wildman–Crippen LogP) is 3.18. The number of thiazole rings is 1. The normalized spacial score (nSPS) is 10.4. The van der Waals surface area contributed by atoms with Crippen LogP contribution in [0.2, 0.25) is 0 Å². The van der Waals surface area contributed by atoms with Gasteiger partial charge in [-0.15, -0.1) is 11.3 Å². The van der Waals surface area contributed by atoms with E-state index in [0.717, 1.165) is 0 Å². The molecule has 0 aliphatic rings. The van der Waals surface area contributed by atoms with Crippen molar-refractivity contribution in [2.45, 2.75) is 0 Å². The van der Waals surface area contributed by atoms with Crippen LogP contribution in [0, 0.1) is 0 Å². The smallest absolute Gasteiger partial charge is 0.261 e. The second-order valence-corrected chi connectivity index (χ2v) is 5.57. The van der Waals surface area contributed by atoms with E-state index >= 15 is 0 Å². The number of nitrogens with one attached hydrogen (secondary N) is 1. The molecule has 0 fully saturated rings. The Morgan fingerprint density at radius 1 is 1.04 bits per heavy atom. The van der Waals surface area contributed by atoms with E-state index in [4.69, 9.17) is 0 Å². The van der Waals surface area contributed by atoms with Gasteiger partial charge < -0.3 is 15.3 Å². The first-order valence-electron chi connectivity index (χ1n) is 6.62. The highest BCUT2D eigenvalue weighted by Crippen LogP contribution is 2.34. The number of nitrogens with zero attached hydrogens (tertiary/aromatic N) is 1. The summed E-state index contributed by atoms with van der Waals surface area (Å²) in [7, 11) is 0. The Bertz CT molecular complexity index is 876. The van der Waals surface area contributed by atoms with Crippen LogP contribution in [0.4, 0.5) is 5.13 Å². The monoisotopic (exact) mass is 328 g/mol. The van der Waals surface area contributed by atoms with Gasteiger partial charge >= 0.3 is 0 Å². The van der Waals surface area contributed by atoms with E-state index in [9.17, 15) is 20.1 Å². The van der Waals surface area contributed by atoms with Crippen molar-refractivity contribution in [1.82, 2.24) is 4.98 Å². The number of rotatable bonds is 3. The highest BCUT2D eigenvalue weighted by Gasteiger charge is 2.14. The lowest BCUT2D eigenvalue weighted by atomic mass is 10.1. The number of benzene rings is 2. The predicted molar refractivity (Wildman–Crippen MR) is 86.9 cm³/mol. The van der Waals surface area contributed by atoms with Gasteiger partial charge in [0, 0.05) is 17.0 Å². The zero-order chi connectivity index (χ0) is 16.4. The molecule has 4 N–H and O–H groups in total. The zero-order valence-electron chi connectivity index (χ0n) is 11.7. The number of phenols is 3. The number of hydrogen-bond acceptors (Lipinski definition) is 6. The van der Waals surface area contributed by atoms with Gasteiger partial charge in [-0.3, -0.25) is 10.1 Å². The molecule has 0 saturated carbocycles. The molecule has 0 unspecified atom stereocenters. The fourth-order valence-corrected chi connectivity index (χ4v) is 2.73. The van der Waals surface area contributed by atoms with Gasteiger partial charge in [0.2, 0.25) is 0 Å². The summed E-state index contributed by atoms with van der Waals surface area (Å²) >= 11 is 1.19. The molecule has 1 heterocycles. The average molecular weight is 328 g/mol. The van der Waals surface area contributed by atoms with Crippen molar-refractivity contribution in [3.8, 4) is 28.5 Å². The van der Waals surface area contributed by atoms with E-state index in [1.54, 1.807) is 17.5 Å². The fourth-order valence-electron chi connectivity index (χ4n) is 2.02. The van der Waals surface area contributed by atoms with Crippen LogP contribution < -0.4 is 5.32 Å². The highest BCUT2D eigenvalue weighted by molar-refractivity contribution is 7.14. The van der Waals surface area contributed by atoms with Crippen LogP contribution in [0.15, 0.2) is 47.8 Å². The van der Waals surface area contributed by atoms with Crippen molar-refractivity contribution in [2.24, 2.45) is 0 Å². The molecular weight excluding hydrogens is 316 g/mol. The summed E-state index contributed by atoms with van der Waals surface area (Å²) in [5.74, 6) is -0.736. The Hall–Kier alpha value is -3.06. The first-order chi connectivity index (χ1) is 11.0. The quantitative estimate of drug-likeness (QED) is 0.591. The number of aromatic hydroxyl groups is 3. The first-order valence-corrected chi connectivity index (χ1v) is 7.50. The maximum Gasteiger partial charge on any atom is 0.261 e. The summed E-state index contributed by atoms with van der Waals surface area (Å²) < 4.78 is 0. The van der Waals surface area contributed by atoms with Gasteiger partial charge in [0.25, 0.3) is 5.91 Å². The van der Waals surface area contributed by atoms with E-state index in [1.165, 1.54) is 41.7 Å². The van der Waals surface area contributed by atoms with E-state index in [1.807, 2.05) is 0 Å². The zero-order valence-corrected chi connectivity index (χ0v) is 12.5. The molecule has 0 aliphatic heterocycles. The van der Waals surface area contributed by atoms with Gasteiger partial charge in [-0.1, -0.05) is 12.1 Å². The Balaban J connectivity index is 1.82. The highest BCUT2D eigenvalue weighted by atomic mass is 32.1. The molecule has 3 aromatic rings. The van der Waals surface area contributed by atoms with E-state index < -0.39 is 5.91 Å². The van der Waals surface area contributed by atoms with Gasteiger partial charge in [0.05, 0.1) is 11.3 Å². The largest absolute Gasteiger partial charge is 0.508 e. The fraction of sp³-hybridized carbons (Fsp3) is 0. The third-order valence-corrected chi connectivity index (χ3v) is 3.89. The number of aromatic nitrogens is 1. The second kappa shape index (κ2) is 5.98. The number of amides is 1. The van der Waals surface area contributed by atoms with E-state index in [2.05, 4.69) is 10.3 Å². The van der Waals surface area contributed by atoms with Crippen molar-refractivity contribution >= 4 is 22.4 Å². The number of anilines is 1. The molecule has 23 heavy (non-hydrogen) atoms. The van der Waals surface area contributed by atoms with Crippen LogP contribution in [0.1, 0.15) is 10.4 Å². The number of hydrogen-bond donors (Lipinski definition) is 4. The number of carbonyl (C=O) groups excluding carboxylic acids is 1. The van der Waals surface area contributed by atoms with Crippen molar-refractivity contribution < 1.29 is 20.1 Å². The average Bonchev–Trinajstić information content (AvgIpc) is 2.95. The molecule has 0 saturated heterocycles. The van der Waals surface area contributed by atoms with Gasteiger partial charge in [-0.25, -0.2) is 4.98 Å². The molecule has 1 aromatic heterocycles. The Kier molecular flexibility index (Phi) is 3.86. The Morgan fingerprint density at radius 3 is 2.57 bits per heavy atom. The molecule has 0 bridgehead atoms. The summed E-state index contributed by atoms with van der Waals surface area (Å²) in [6.45, 7) is 0. The topological polar surface area (TPSA) is 103 Å². The minimum Gasteiger partial charge on any atom is -0.508 e. The van der Waals surface area contributed by atoms with Crippen LogP contribution >= 0.6 is 11.3 Å². The summed E-state index contributed by atoms with van der Waals surface area (Å²) in [6.07, 6.45) is 0. The first kappa shape index (κ1) is 14.9. The molecule has 116 valence electrons. The Labute approximate surface area is 135 Å². The molecule has 3 rings (SSSR count). The molecule has 2 aromatic carbocycles. The molecular formula is C16H12N2O4S. The van der Waals surface area contributed by atoms with E-state index in [-0.39, 0.29) is 22.8 Å². The maximum absolute atomic E-state index is 12.1. The van der Waals surface area contributed by atoms with Crippen LogP contribution in [0.5, 0.6) is 17.2 Å². The molecule has 7 heteroatoms. The number of carbonyl (C=O) groups is 1. The molecule has 0 aliphatic carbocycles. The molecule has 1 amide bonds. The lowest BCUT2D eigenvalue weighted by molar-refractivity contribution is 0.102. The van der Waals surface area contributed by atoms with Crippen LogP contribution in [0.3, 0.4) is 0 Å². The maximum atomic E-state index is 12.1. The summed E-state index contributed by atoms with van der Waals surface area (Å²) in [5, 5.41) is 33.4. The summed E-state index contributed by atoms with van der Waals surface area (Å²) in [4.78, 5) is 16.3. The summed E-state index contributed by atoms with van der Waals surface area (Å²) in [6, 6.07) is 10.4. The van der Waals surface area contributed by atoms with E-state index in [0.29, 0.717) is 16.4 Å². The third-order valence-electron chi connectivity index (χ3n) is 3.13. The number of phenolic OH excluding ortho intramolecular Hbond substituents is 3. The summed E-state index contributed by atoms with van der Waals surface area (Å²) in [5.41, 5.74) is 1.07. The molecule has 0 spiro atoms. The van der Waals surface area contributed by atoms with Gasteiger partial charge in [-0.2, -0.15) is 0 Å². The van der Waals surface area contributed by atoms with Gasteiger partial charge in [-0.05, 0) is 24.3 Å². The van der Waals surface area contributed by atoms with Crippen molar-refractivity contribution in [3.05, 3.63) is 53.4 Å². The second-order valence-electron chi connectivity index (χ2n) is 4.71. The van der Waals surface area contributed by atoms with Crippen molar-refractivity contribution in [2.75, 3.05) is 5.32 Å². The Morgan fingerprint density at radius 2 is 1.83 bits per heavy atom. The minimum absolute atomic E-state index is 0.0467. The van der Waals surface area contributed by atoms with Crippen molar-refractivity contribution in [3.63, 3.8) is 0 Å². The van der Waals surface area contributed by atoms with Gasteiger partial charge in [0.1, 0.15) is 17.2 Å². The van der Waals surface area contributed by atoms with Crippen LogP contribution in [-0.4, -0.2) is 26.2 Å².